The fraction of sp³-hybridized carbons (Fsp3) is 0.393. The Balaban J connectivity index is 0.000000738. The van der Waals surface area contributed by atoms with E-state index in [2.05, 4.69) is 20.6 Å². The van der Waals surface area contributed by atoms with Gasteiger partial charge < -0.3 is 29.9 Å². The van der Waals surface area contributed by atoms with E-state index in [4.69, 9.17) is 26.2 Å². The Morgan fingerprint density at radius 1 is 1.15 bits per heavy atom. The average Bonchev–Trinajstić information content (AvgIpc) is 2.99. The number of benzene rings is 1. The highest BCUT2D eigenvalue weighted by molar-refractivity contribution is 6.33. The lowest BCUT2D eigenvalue weighted by atomic mass is 10.1. The second-order valence-corrected chi connectivity index (χ2v) is 9.98. The molecule has 0 saturated carbocycles. The van der Waals surface area contributed by atoms with E-state index in [1.54, 1.807) is 10.6 Å². The Labute approximate surface area is 262 Å². The predicted octanol–water partition coefficient (Wildman–Crippen LogP) is 4.71. The van der Waals surface area contributed by atoms with Gasteiger partial charge in [-0.1, -0.05) is 18.5 Å². The van der Waals surface area contributed by atoms with Crippen LogP contribution in [0.15, 0.2) is 35.5 Å². The molecule has 0 atom stereocenters. The van der Waals surface area contributed by atoms with Crippen LogP contribution in [0.4, 0.5) is 37.7 Å². The Bertz CT molecular complexity index is 1660. The molecule has 1 aliphatic heterocycles. The van der Waals surface area contributed by atoms with Gasteiger partial charge >= 0.3 is 18.3 Å². The molecule has 0 radical (unpaired) electrons. The molecule has 0 bridgehead atoms. The summed E-state index contributed by atoms with van der Waals surface area (Å²) < 4.78 is 77.6. The first kappa shape index (κ1) is 36.1. The molecule has 4 rings (SSSR count). The standard InChI is InChI=1S/C26H28ClF3N6O3.C2HF3O2/c1-3-20-23(35-10-8-31-9-11-35)24(38)22-25(32-14-17(33-22)7-12-39-4-2)36(20)15-21(37)34-19-6-5-16(13-18(19)27)26(28,29)30;3-2(4,5)1(6)7/h5-7,12-14,31H,3-4,8-11,15H2,1-2H3,(H,34,37);(H,6,7)/b12-7+;. The summed E-state index contributed by atoms with van der Waals surface area (Å²) in [7, 11) is 0. The summed E-state index contributed by atoms with van der Waals surface area (Å²) in [5.74, 6) is -3.31. The number of aromatic nitrogens is 3. The van der Waals surface area contributed by atoms with Gasteiger partial charge in [-0.25, -0.2) is 14.8 Å². The number of piperazine rings is 1. The number of halogens is 7. The molecule has 0 aliphatic carbocycles. The number of nitrogens with one attached hydrogen (secondary N) is 2. The van der Waals surface area contributed by atoms with E-state index in [1.165, 1.54) is 12.5 Å². The van der Waals surface area contributed by atoms with Crippen LogP contribution in [-0.4, -0.2) is 70.5 Å². The summed E-state index contributed by atoms with van der Waals surface area (Å²) in [5, 5.41) is 12.7. The number of anilines is 2. The van der Waals surface area contributed by atoms with Crippen LogP contribution >= 0.6 is 11.6 Å². The molecule has 0 spiro atoms. The van der Waals surface area contributed by atoms with Crippen LogP contribution in [0.5, 0.6) is 0 Å². The number of alkyl halides is 6. The maximum Gasteiger partial charge on any atom is 0.490 e. The molecule has 3 N–H and O–H groups in total. The maximum absolute atomic E-state index is 13.7. The van der Waals surface area contributed by atoms with Crippen LogP contribution in [0.3, 0.4) is 0 Å². The first-order valence-electron chi connectivity index (χ1n) is 13.7. The number of carbonyl (C=O) groups excluding carboxylic acids is 1. The highest BCUT2D eigenvalue weighted by Gasteiger charge is 2.38. The van der Waals surface area contributed by atoms with Crippen molar-refractivity contribution < 1.29 is 45.8 Å². The van der Waals surface area contributed by atoms with Gasteiger partial charge in [-0.3, -0.25) is 9.59 Å². The van der Waals surface area contributed by atoms with E-state index in [-0.39, 0.29) is 33.8 Å². The highest BCUT2D eigenvalue weighted by Crippen LogP contribution is 2.34. The molecule has 2 aromatic heterocycles. The summed E-state index contributed by atoms with van der Waals surface area (Å²) in [6, 6.07) is 2.71. The molecule has 1 aliphatic rings. The number of amides is 1. The number of carbonyl (C=O) groups is 2. The van der Waals surface area contributed by atoms with Crippen molar-refractivity contribution in [2.75, 3.05) is 43.0 Å². The largest absolute Gasteiger partial charge is 0.501 e. The molecule has 1 saturated heterocycles. The lowest BCUT2D eigenvalue weighted by molar-refractivity contribution is -0.192. The third-order valence-corrected chi connectivity index (χ3v) is 6.75. The zero-order valence-corrected chi connectivity index (χ0v) is 25.2. The summed E-state index contributed by atoms with van der Waals surface area (Å²) in [6.07, 6.45) is -4.69. The monoisotopic (exact) mass is 678 g/mol. The van der Waals surface area contributed by atoms with Crippen molar-refractivity contribution in [3.63, 3.8) is 0 Å². The lowest BCUT2D eigenvalue weighted by Gasteiger charge is -2.31. The Hall–Kier alpha value is -4.38. The van der Waals surface area contributed by atoms with Gasteiger partial charge in [-0.05, 0) is 37.6 Å². The van der Waals surface area contributed by atoms with Crippen molar-refractivity contribution in [2.24, 2.45) is 0 Å². The highest BCUT2D eigenvalue weighted by atomic mass is 35.5. The smallest absolute Gasteiger partial charge is 0.490 e. The molecule has 1 aromatic carbocycles. The minimum atomic E-state index is -5.08. The van der Waals surface area contributed by atoms with E-state index < -0.39 is 29.8 Å². The molecule has 250 valence electrons. The third-order valence-electron chi connectivity index (χ3n) is 6.44. The van der Waals surface area contributed by atoms with Gasteiger partial charge in [-0.15, -0.1) is 0 Å². The van der Waals surface area contributed by atoms with Crippen LogP contribution < -0.4 is 21.0 Å². The van der Waals surface area contributed by atoms with E-state index in [9.17, 15) is 35.9 Å². The van der Waals surface area contributed by atoms with Crippen molar-refractivity contribution >= 4 is 52.1 Å². The number of fused-ring (bicyclic) bond motifs is 1. The van der Waals surface area contributed by atoms with Crippen molar-refractivity contribution in [2.45, 2.75) is 39.2 Å². The van der Waals surface area contributed by atoms with Gasteiger partial charge in [0.2, 0.25) is 11.3 Å². The van der Waals surface area contributed by atoms with Gasteiger partial charge in [0.05, 0.1) is 41.0 Å². The van der Waals surface area contributed by atoms with Crippen LogP contribution in [0, 0.1) is 0 Å². The van der Waals surface area contributed by atoms with E-state index >= 15 is 0 Å². The summed E-state index contributed by atoms with van der Waals surface area (Å²) >= 11 is 6.04. The average molecular weight is 679 g/mol. The van der Waals surface area contributed by atoms with Crippen LogP contribution in [-0.2, 0) is 33.5 Å². The molecule has 3 heterocycles. The van der Waals surface area contributed by atoms with Crippen molar-refractivity contribution in [1.82, 2.24) is 19.9 Å². The number of rotatable bonds is 8. The number of carboxylic acids is 1. The molecule has 1 fully saturated rings. The van der Waals surface area contributed by atoms with Crippen molar-refractivity contribution in [3.8, 4) is 0 Å². The Morgan fingerprint density at radius 2 is 1.80 bits per heavy atom. The zero-order valence-electron chi connectivity index (χ0n) is 24.4. The minimum absolute atomic E-state index is 0.0369. The molecule has 1 amide bonds. The van der Waals surface area contributed by atoms with E-state index in [1.807, 2.05) is 18.7 Å². The molecule has 0 unspecified atom stereocenters. The summed E-state index contributed by atoms with van der Waals surface area (Å²) in [4.78, 5) is 46.7. The number of nitrogens with zero attached hydrogens (tertiary/aromatic N) is 4. The number of hydrogen-bond donors (Lipinski definition) is 3. The van der Waals surface area contributed by atoms with Crippen LogP contribution in [0.1, 0.15) is 30.8 Å². The van der Waals surface area contributed by atoms with E-state index in [0.717, 1.165) is 18.2 Å². The van der Waals surface area contributed by atoms with Gasteiger partial charge in [0.1, 0.15) is 12.2 Å². The normalized spacial score (nSPS) is 13.8. The molecular formula is C28H29ClF6N6O5. The predicted molar refractivity (Wildman–Crippen MR) is 158 cm³/mol. The topological polar surface area (TPSA) is 139 Å². The van der Waals surface area contributed by atoms with E-state index in [0.29, 0.717) is 56.3 Å². The zero-order chi connectivity index (χ0) is 34.2. The van der Waals surface area contributed by atoms with Crippen molar-refractivity contribution in [1.29, 1.82) is 0 Å². The fourth-order valence-electron chi connectivity index (χ4n) is 4.41. The number of hydrogen-bond acceptors (Lipinski definition) is 8. The molecular weight excluding hydrogens is 650 g/mol. The summed E-state index contributed by atoms with van der Waals surface area (Å²) in [5.41, 5.74) is 0.617. The number of ether oxygens (including phenoxy) is 1. The first-order chi connectivity index (χ1) is 21.6. The lowest BCUT2D eigenvalue weighted by Crippen LogP contribution is -2.46. The second-order valence-electron chi connectivity index (χ2n) is 9.57. The first-order valence-corrected chi connectivity index (χ1v) is 14.1. The molecule has 18 heteroatoms. The molecule has 46 heavy (non-hydrogen) atoms. The number of pyridine rings is 1. The Kier molecular flexibility index (Phi) is 12.0. The molecule has 3 aromatic rings. The van der Waals surface area contributed by atoms with Gasteiger partial charge in [0, 0.05) is 31.9 Å². The Morgan fingerprint density at radius 3 is 2.35 bits per heavy atom. The molecule has 11 nitrogen and oxygen atoms in total. The van der Waals surface area contributed by atoms with Crippen LogP contribution in [0.2, 0.25) is 5.02 Å². The van der Waals surface area contributed by atoms with Gasteiger partial charge in [0.15, 0.2) is 11.2 Å². The third kappa shape index (κ3) is 9.09. The number of aliphatic carboxylic acids is 1. The maximum atomic E-state index is 13.7. The number of carboxylic acid groups (broad SMARTS) is 1. The van der Waals surface area contributed by atoms with Crippen molar-refractivity contribution in [3.05, 3.63) is 62.9 Å². The van der Waals surface area contributed by atoms with Crippen LogP contribution in [0.25, 0.3) is 17.2 Å². The minimum Gasteiger partial charge on any atom is -0.501 e. The second kappa shape index (κ2) is 15.3. The fourth-order valence-corrected chi connectivity index (χ4v) is 4.64. The van der Waals surface area contributed by atoms with Gasteiger partial charge in [0.25, 0.3) is 0 Å². The summed E-state index contributed by atoms with van der Waals surface area (Å²) in [6.45, 7) is 6.49. The van der Waals surface area contributed by atoms with Gasteiger partial charge in [-0.2, -0.15) is 26.3 Å². The SMILES string of the molecule is CCO/C=C/c1cnc2c(n1)c(=O)c(N1CCNCC1)c(CC)n2CC(=O)Nc1ccc(C(F)(F)F)cc1Cl.O=C(O)C(F)(F)F. The quantitative estimate of drug-likeness (QED) is 0.228.